The second-order valence-electron chi connectivity index (χ2n) is 17.1. The third-order valence-electron chi connectivity index (χ3n) is 11.5. The highest BCUT2D eigenvalue weighted by Gasteiger charge is 3.04. The Labute approximate surface area is 461 Å². The lowest BCUT2D eigenvalue weighted by Crippen LogP contribution is -2.81. The van der Waals surface area contributed by atoms with Crippen LogP contribution in [0.25, 0.3) is 0 Å². The van der Waals surface area contributed by atoms with Crippen LogP contribution in [-0.2, 0) is 25.0 Å². The van der Waals surface area contributed by atoms with Gasteiger partial charge in [-0.1, -0.05) is 0 Å². The van der Waals surface area contributed by atoms with Gasteiger partial charge >= 0.3 is 142 Å². The van der Waals surface area contributed by atoms with Crippen LogP contribution >= 0.6 is 0 Å². The topological polar surface area (TPSA) is 114 Å². The average Bonchev–Trinajstić information content (AvgIpc) is 0.691. The Bertz CT molecular complexity index is 3030. The second kappa shape index (κ2) is 22.1. The smallest absolute Gasteiger partial charge is 0.445 e. The summed E-state index contributed by atoms with van der Waals surface area (Å²) in [5.41, 5.74) is -12.9. The number of aryl methyl sites for hydroxylation is 1. The average molecular weight is 1460 g/mol. The predicted molar refractivity (Wildman–Crippen MR) is 185 cm³/mol. The third kappa shape index (κ3) is 10.2. The standard InChI is InChI=1S/C36H10F47N3O5/c1-7-3-9(84-4-87)12(85-5-88)10(13(90)86-6-91-8(2)89)11(7)14(37,38)15(39,40)16(41,42)17(43,44)18(45,46)19(47,48)20(49,50)21(51,52)22(53,54)23(55,56)24(57,58)25(59,60)26(61,62)27(63,64)28(65,66)29(67,68)30(69,70)31(71,72)32(73,74)33(75,76)34(77,78)35(79,80)36(81,82)83/h3H,6H2,1-2H3,(H,86,90). The fraction of sp³-hybridized carbons (Fsp3) is 0.722. The van der Waals surface area contributed by atoms with E-state index in [1.165, 1.54) is 0 Å². The van der Waals surface area contributed by atoms with Gasteiger partial charge in [-0.05, 0) is 18.6 Å². The van der Waals surface area contributed by atoms with Crippen LogP contribution in [0.5, 0.6) is 0 Å². The summed E-state index contributed by atoms with van der Waals surface area (Å²) in [5, 5.41) is 0.950. The van der Waals surface area contributed by atoms with Crippen molar-refractivity contribution in [2.45, 2.75) is 150 Å². The summed E-state index contributed by atoms with van der Waals surface area (Å²) in [6.45, 7) is -1.82. The SMILES string of the molecule is CC(=O)OCNC(=O)c1c(N=C=O)c(N=C=O)cc(C)c1C(F)(F)C(F)(F)C(F)(F)C(F)(F)C(F)(F)C(F)(F)C(F)(F)C(F)(F)C(F)(F)C(F)(F)C(F)(F)C(F)(F)C(F)(F)C(F)(F)C(F)(F)C(F)(F)C(F)(F)C(F)(F)C(F)(F)C(F)(F)C(F)(F)C(F)(F)C(F)(F)F. The number of aliphatic imine (C=N–C) groups is 2. The quantitative estimate of drug-likeness (QED) is 0.0310. The Kier molecular flexibility index (Phi) is 20.1. The molecule has 0 saturated carbocycles. The molecule has 8 nitrogen and oxygen atoms in total. The molecule has 0 saturated heterocycles. The van der Waals surface area contributed by atoms with Crippen molar-refractivity contribution in [2.75, 3.05) is 6.73 Å². The molecule has 1 aromatic rings. The molecule has 55 heteroatoms. The molecule has 0 radical (unpaired) electrons. The molecule has 1 amide bonds. The number of nitrogens with zero attached hydrogens (tertiary/aromatic N) is 2. The van der Waals surface area contributed by atoms with Gasteiger partial charge in [-0.25, -0.2) is 9.59 Å². The minimum absolute atomic E-state index is 0.165. The van der Waals surface area contributed by atoms with Crippen LogP contribution in [0.3, 0.4) is 0 Å². The van der Waals surface area contributed by atoms with Crippen LogP contribution in [0, 0.1) is 6.92 Å². The van der Waals surface area contributed by atoms with Crippen molar-refractivity contribution in [3.8, 4) is 0 Å². The molecule has 528 valence electrons. The number of hydrogen-bond donors (Lipinski definition) is 1. The lowest BCUT2D eigenvalue weighted by Gasteiger charge is -2.47. The molecule has 0 aliphatic heterocycles. The zero-order valence-corrected chi connectivity index (χ0v) is 40.5. The number of rotatable bonds is 27. The highest BCUT2D eigenvalue weighted by Crippen LogP contribution is 2.73. The van der Waals surface area contributed by atoms with Crippen LogP contribution in [0.4, 0.5) is 218 Å². The van der Waals surface area contributed by atoms with E-state index in [0.29, 0.717) is 13.0 Å². The van der Waals surface area contributed by atoms with Crippen molar-refractivity contribution in [1.82, 2.24) is 5.32 Å². The highest BCUT2D eigenvalue weighted by molar-refractivity contribution is 6.04. The van der Waals surface area contributed by atoms with Gasteiger partial charge in [0.2, 0.25) is 12.2 Å². The van der Waals surface area contributed by atoms with E-state index in [2.05, 4.69) is 14.7 Å². The summed E-state index contributed by atoms with van der Waals surface area (Å²) < 4.78 is 673. The van der Waals surface area contributed by atoms with Gasteiger partial charge in [0.25, 0.3) is 5.91 Å². The number of isocyanates is 2. The van der Waals surface area contributed by atoms with Crippen molar-refractivity contribution in [2.24, 2.45) is 9.98 Å². The number of nitrogens with one attached hydrogen (secondary N) is 1. The molecule has 0 fully saturated rings. The zero-order chi connectivity index (χ0) is 74.2. The van der Waals surface area contributed by atoms with Gasteiger partial charge in [0, 0.05) is 12.5 Å². The molecule has 1 N–H and O–H groups in total. The van der Waals surface area contributed by atoms with E-state index in [-0.39, 0.29) is 13.0 Å². The number of benzene rings is 1. The number of halogens is 47. The molecule has 0 unspecified atom stereocenters. The molecule has 0 bridgehead atoms. The Hall–Kier alpha value is -6.37. The molecular weight excluding hydrogens is 1450 g/mol. The molecule has 0 aliphatic carbocycles. The van der Waals surface area contributed by atoms with Crippen molar-refractivity contribution >= 4 is 35.4 Å². The van der Waals surface area contributed by atoms with Crippen LogP contribution < -0.4 is 5.32 Å². The van der Waals surface area contributed by atoms with E-state index in [0.717, 1.165) is 5.32 Å². The van der Waals surface area contributed by atoms with Crippen molar-refractivity contribution < 1.29 is 230 Å². The molecule has 1 aromatic carbocycles. The molecule has 91 heavy (non-hydrogen) atoms. The lowest BCUT2D eigenvalue weighted by molar-refractivity contribution is -0.498. The Balaban J connectivity index is 4.38. The van der Waals surface area contributed by atoms with Crippen molar-refractivity contribution in [3.05, 3.63) is 22.8 Å². The number of hydrogen-bond acceptors (Lipinski definition) is 7. The summed E-state index contributed by atoms with van der Waals surface area (Å²) >= 11 is 0. The first-order valence-electron chi connectivity index (χ1n) is 20.3. The van der Waals surface area contributed by atoms with E-state index in [1.54, 1.807) is 0 Å². The number of amides is 1. The van der Waals surface area contributed by atoms with Gasteiger partial charge in [0.05, 0.1) is 5.56 Å². The maximum Gasteiger partial charge on any atom is 0.460 e. The summed E-state index contributed by atoms with van der Waals surface area (Å²) in [7, 11) is 0. The summed E-state index contributed by atoms with van der Waals surface area (Å²) in [6.07, 6.45) is -8.11. The molecule has 0 atom stereocenters. The normalized spacial score (nSPS) is 15.9. The van der Waals surface area contributed by atoms with Gasteiger partial charge < -0.3 is 10.1 Å². The first kappa shape index (κ1) is 82.6. The Morgan fingerprint density at radius 3 is 0.769 bits per heavy atom. The summed E-state index contributed by atoms with van der Waals surface area (Å²) in [4.78, 5) is 50.2. The monoisotopic (exact) mass is 1460 g/mol. The van der Waals surface area contributed by atoms with E-state index in [1.807, 2.05) is 0 Å². The van der Waals surface area contributed by atoms with Gasteiger partial charge in [0.1, 0.15) is 11.4 Å². The van der Waals surface area contributed by atoms with E-state index >= 15 is 26.3 Å². The van der Waals surface area contributed by atoms with Crippen LogP contribution in [0.2, 0.25) is 0 Å². The van der Waals surface area contributed by atoms with Crippen molar-refractivity contribution in [1.29, 1.82) is 0 Å². The van der Waals surface area contributed by atoms with Gasteiger partial charge in [-0.15, -0.1) is 0 Å². The number of carbonyl (C=O) groups excluding carboxylic acids is 4. The zero-order valence-electron chi connectivity index (χ0n) is 40.5. The molecule has 0 heterocycles. The minimum Gasteiger partial charge on any atom is -0.445 e. The largest absolute Gasteiger partial charge is 0.460 e. The fourth-order valence-corrected chi connectivity index (χ4v) is 6.28. The highest BCUT2D eigenvalue weighted by atomic mass is 19.4. The van der Waals surface area contributed by atoms with Crippen LogP contribution in [-0.4, -0.2) is 161 Å². The third-order valence-corrected chi connectivity index (χ3v) is 11.5. The number of carbonyl (C=O) groups is 2. The second-order valence-corrected chi connectivity index (χ2v) is 17.1. The first-order chi connectivity index (χ1) is 39.1. The number of esters is 1. The van der Waals surface area contributed by atoms with Crippen LogP contribution in [0.15, 0.2) is 16.1 Å². The predicted octanol–water partition coefficient (Wildman–Crippen LogP) is 16.2. The van der Waals surface area contributed by atoms with Gasteiger partial charge in [-0.2, -0.15) is 216 Å². The van der Waals surface area contributed by atoms with E-state index < -0.39 is 189 Å². The number of alkyl halides is 47. The lowest BCUT2D eigenvalue weighted by atomic mass is 9.81. The fourth-order valence-electron chi connectivity index (χ4n) is 6.28. The van der Waals surface area contributed by atoms with E-state index in [9.17, 15) is 199 Å². The van der Waals surface area contributed by atoms with Crippen LogP contribution in [0.1, 0.15) is 28.4 Å². The minimum atomic E-state index is -11.0. The molecular formula is C36H10F47N3O5. The maximum atomic E-state index is 15.7. The maximum absolute atomic E-state index is 15.7. The summed E-state index contributed by atoms with van der Waals surface area (Å²) in [6, 6.07) is -0.544. The van der Waals surface area contributed by atoms with E-state index in [4.69, 9.17) is 0 Å². The molecule has 0 aromatic heterocycles. The Morgan fingerprint density at radius 2 is 0.571 bits per heavy atom. The first-order valence-corrected chi connectivity index (χ1v) is 20.3. The van der Waals surface area contributed by atoms with Gasteiger partial charge in [0.15, 0.2) is 6.73 Å². The number of ether oxygens (including phenoxy) is 1. The molecule has 1 rings (SSSR count). The summed E-state index contributed by atoms with van der Waals surface area (Å²) in [5.74, 6) is -232. The Morgan fingerprint density at radius 1 is 0.363 bits per heavy atom. The van der Waals surface area contributed by atoms with Gasteiger partial charge in [-0.3, -0.25) is 9.59 Å². The molecule has 0 aliphatic rings. The molecule has 0 spiro atoms. The van der Waals surface area contributed by atoms with Crippen molar-refractivity contribution in [3.63, 3.8) is 0 Å².